The summed E-state index contributed by atoms with van der Waals surface area (Å²) < 4.78 is 22.3. The van der Waals surface area contributed by atoms with Crippen molar-refractivity contribution in [2.75, 3.05) is 11.9 Å². The van der Waals surface area contributed by atoms with Gasteiger partial charge in [0.1, 0.15) is 29.2 Å². The molecular formula is C27H32B2N2O9. The average Bonchev–Trinajstić information content (AvgIpc) is 2.91. The second-order valence-electron chi connectivity index (χ2n) is 9.05. The second kappa shape index (κ2) is 14.5. The Morgan fingerprint density at radius 2 is 1.75 bits per heavy atom. The third-order valence-electron chi connectivity index (χ3n) is 5.42. The van der Waals surface area contributed by atoms with Crippen LogP contribution in [-0.2, 0) is 15.9 Å². The second-order valence-corrected chi connectivity index (χ2v) is 9.05. The van der Waals surface area contributed by atoms with Gasteiger partial charge in [-0.3, -0.25) is 4.79 Å². The van der Waals surface area contributed by atoms with Crippen LogP contribution in [-0.4, -0.2) is 65.5 Å². The van der Waals surface area contributed by atoms with E-state index >= 15 is 0 Å². The molecule has 0 saturated carbocycles. The SMILES string of the molecule is CCOC(=O)c1cccnc1NCc1cc(OC(C)C)cc(B(O)OC(C)Oc2cc(C=O)cc(B(O)O)c2)c1. The lowest BCUT2D eigenvalue weighted by molar-refractivity contribution is 0.00906. The van der Waals surface area contributed by atoms with Gasteiger partial charge in [0.2, 0.25) is 0 Å². The number of hydrogen-bond acceptors (Lipinski definition) is 11. The van der Waals surface area contributed by atoms with Crippen LogP contribution in [0.5, 0.6) is 11.5 Å². The van der Waals surface area contributed by atoms with E-state index in [1.54, 1.807) is 50.4 Å². The van der Waals surface area contributed by atoms with Gasteiger partial charge in [0.05, 0.1) is 12.7 Å². The fourth-order valence-electron chi connectivity index (χ4n) is 3.79. The summed E-state index contributed by atoms with van der Waals surface area (Å²) in [6, 6.07) is 12.5. The molecule has 0 aliphatic rings. The summed E-state index contributed by atoms with van der Waals surface area (Å²) in [4.78, 5) is 27.8. The summed E-state index contributed by atoms with van der Waals surface area (Å²) in [7, 11) is -3.22. The lowest BCUT2D eigenvalue weighted by atomic mass is 9.78. The fraction of sp³-hybridized carbons (Fsp3) is 0.296. The van der Waals surface area contributed by atoms with E-state index in [0.29, 0.717) is 34.4 Å². The van der Waals surface area contributed by atoms with Crippen LogP contribution in [0.3, 0.4) is 0 Å². The maximum absolute atomic E-state index is 12.3. The van der Waals surface area contributed by atoms with Gasteiger partial charge in [0, 0.05) is 18.3 Å². The third-order valence-corrected chi connectivity index (χ3v) is 5.42. The molecule has 1 heterocycles. The van der Waals surface area contributed by atoms with Crippen molar-refractivity contribution in [2.24, 2.45) is 0 Å². The first-order valence-electron chi connectivity index (χ1n) is 12.7. The van der Waals surface area contributed by atoms with Crippen LogP contribution in [0.15, 0.2) is 54.7 Å². The number of carbonyl (C=O) groups excluding carboxylic acids is 2. The standard InChI is InChI=1S/C27H32B2N2O9/c1-5-37-27(33)25-7-6-8-30-26(25)31-15-19-9-22(14-23(11-19)38-17(2)3)29(36)40-18(4)39-24-12-20(16-32)10-21(13-24)28(34)35/h6-14,16-18,34-36H,5,15H2,1-4H3,(H,30,31). The van der Waals surface area contributed by atoms with Gasteiger partial charge in [0.15, 0.2) is 6.29 Å². The zero-order valence-electron chi connectivity index (χ0n) is 22.7. The Morgan fingerprint density at radius 3 is 2.42 bits per heavy atom. The topological polar surface area (TPSA) is 157 Å². The van der Waals surface area contributed by atoms with Crippen molar-refractivity contribution in [1.29, 1.82) is 0 Å². The molecule has 3 aromatic rings. The Morgan fingerprint density at radius 1 is 1.02 bits per heavy atom. The molecule has 0 aliphatic heterocycles. The minimum atomic E-state index is -1.79. The predicted molar refractivity (Wildman–Crippen MR) is 150 cm³/mol. The highest BCUT2D eigenvalue weighted by atomic mass is 16.7. The van der Waals surface area contributed by atoms with Gasteiger partial charge in [-0.15, -0.1) is 0 Å². The van der Waals surface area contributed by atoms with Crippen molar-refractivity contribution in [1.82, 2.24) is 4.98 Å². The highest BCUT2D eigenvalue weighted by Crippen LogP contribution is 2.19. The Kier molecular flexibility index (Phi) is 11.1. The minimum Gasteiger partial charge on any atom is -0.491 e. The van der Waals surface area contributed by atoms with E-state index in [1.165, 1.54) is 18.2 Å². The maximum Gasteiger partial charge on any atom is 0.493 e. The Bertz CT molecular complexity index is 1310. The molecule has 1 atom stereocenters. The van der Waals surface area contributed by atoms with E-state index in [0.717, 1.165) is 0 Å². The molecule has 0 bridgehead atoms. The van der Waals surface area contributed by atoms with Crippen molar-refractivity contribution in [3.63, 3.8) is 0 Å². The number of rotatable bonds is 14. The minimum absolute atomic E-state index is 0.0713. The molecule has 0 aliphatic carbocycles. The Balaban J connectivity index is 1.78. The molecule has 0 spiro atoms. The number of aromatic nitrogens is 1. The van der Waals surface area contributed by atoms with Gasteiger partial charge in [0.25, 0.3) is 0 Å². The van der Waals surface area contributed by atoms with Crippen molar-refractivity contribution >= 4 is 43.2 Å². The number of anilines is 1. The molecule has 0 amide bonds. The van der Waals surface area contributed by atoms with Crippen molar-refractivity contribution in [3.8, 4) is 11.5 Å². The average molecular weight is 550 g/mol. The predicted octanol–water partition coefficient (Wildman–Crippen LogP) is 1.28. The molecule has 3 rings (SSSR count). The van der Waals surface area contributed by atoms with Crippen LogP contribution in [0.25, 0.3) is 0 Å². The fourth-order valence-corrected chi connectivity index (χ4v) is 3.79. The van der Waals surface area contributed by atoms with Gasteiger partial charge >= 0.3 is 20.2 Å². The van der Waals surface area contributed by atoms with Crippen molar-refractivity contribution < 1.29 is 43.5 Å². The van der Waals surface area contributed by atoms with Crippen LogP contribution in [0.2, 0.25) is 0 Å². The van der Waals surface area contributed by atoms with E-state index in [2.05, 4.69) is 10.3 Å². The summed E-state index contributed by atoms with van der Waals surface area (Å²) in [5.74, 6) is 0.503. The smallest absolute Gasteiger partial charge is 0.491 e. The number of carbonyl (C=O) groups is 2. The van der Waals surface area contributed by atoms with Crippen LogP contribution in [0.1, 0.15) is 54.0 Å². The molecular weight excluding hydrogens is 518 g/mol. The lowest BCUT2D eigenvalue weighted by Crippen LogP contribution is -2.39. The molecule has 1 unspecified atom stereocenters. The van der Waals surface area contributed by atoms with Gasteiger partial charge in [-0.1, -0.05) is 12.1 Å². The number of pyridine rings is 1. The van der Waals surface area contributed by atoms with Gasteiger partial charge in [-0.05, 0) is 80.6 Å². The molecule has 2 aromatic carbocycles. The molecule has 13 heteroatoms. The Labute approximate surface area is 233 Å². The molecule has 40 heavy (non-hydrogen) atoms. The molecule has 0 radical (unpaired) electrons. The summed E-state index contributed by atoms with van der Waals surface area (Å²) in [5.41, 5.74) is 1.64. The quantitative estimate of drug-likeness (QED) is 0.0993. The first kappa shape index (κ1) is 30.6. The third kappa shape index (κ3) is 8.82. The lowest BCUT2D eigenvalue weighted by Gasteiger charge is -2.20. The maximum atomic E-state index is 12.3. The Hall–Kier alpha value is -3.90. The van der Waals surface area contributed by atoms with E-state index < -0.39 is 26.5 Å². The van der Waals surface area contributed by atoms with Gasteiger partial charge in [-0.2, -0.15) is 0 Å². The highest BCUT2D eigenvalue weighted by molar-refractivity contribution is 6.60. The summed E-state index contributed by atoms with van der Waals surface area (Å²) >= 11 is 0. The van der Waals surface area contributed by atoms with E-state index in [-0.39, 0.29) is 36.0 Å². The van der Waals surface area contributed by atoms with E-state index in [1.807, 2.05) is 13.8 Å². The number of nitrogens with one attached hydrogen (secondary N) is 1. The molecule has 210 valence electrons. The van der Waals surface area contributed by atoms with Crippen molar-refractivity contribution in [3.05, 3.63) is 71.4 Å². The number of benzene rings is 2. The highest BCUT2D eigenvalue weighted by Gasteiger charge is 2.23. The molecule has 4 N–H and O–H groups in total. The summed E-state index contributed by atoms with van der Waals surface area (Å²) in [6.07, 6.45) is 0.986. The summed E-state index contributed by atoms with van der Waals surface area (Å²) in [6.45, 7) is 7.49. The van der Waals surface area contributed by atoms with Gasteiger partial charge < -0.3 is 39.3 Å². The monoisotopic (exact) mass is 550 g/mol. The van der Waals surface area contributed by atoms with Crippen LogP contribution in [0.4, 0.5) is 5.82 Å². The van der Waals surface area contributed by atoms with Crippen LogP contribution in [0, 0.1) is 0 Å². The zero-order chi connectivity index (χ0) is 29.2. The summed E-state index contributed by atoms with van der Waals surface area (Å²) in [5, 5.41) is 32.9. The molecule has 11 nitrogen and oxygen atoms in total. The van der Waals surface area contributed by atoms with Gasteiger partial charge in [-0.25, -0.2) is 9.78 Å². The van der Waals surface area contributed by atoms with Crippen LogP contribution >= 0.6 is 0 Å². The van der Waals surface area contributed by atoms with Crippen molar-refractivity contribution in [2.45, 2.75) is 46.6 Å². The number of esters is 1. The number of ether oxygens (including phenoxy) is 3. The molecule has 0 saturated heterocycles. The number of aldehydes is 1. The number of nitrogens with zero attached hydrogens (tertiary/aromatic N) is 1. The largest absolute Gasteiger partial charge is 0.493 e. The van der Waals surface area contributed by atoms with E-state index in [9.17, 15) is 24.7 Å². The first-order chi connectivity index (χ1) is 19.1. The molecule has 1 aromatic heterocycles. The first-order valence-corrected chi connectivity index (χ1v) is 12.7. The number of hydrogen-bond donors (Lipinski definition) is 4. The van der Waals surface area contributed by atoms with E-state index in [4.69, 9.17) is 18.9 Å². The zero-order valence-corrected chi connectivity index (χ0v) is 22.7. The van der Waals surface area contributed by atoms with Crippen LogP contribution < -0.4 is 25.7 Å². The normalized spacial score (nSPS) is 11.5. The molecule has 0 fully saturated rings.